The number of likely N-dealkylation sites (tertiary alicyclic amines) is 1. The van der Waals surface area contributed by atoms with Gasteiger partial charge in [0.25, 0.3) is 0 Å². The van der Waals surface area contributed by atoms with Crippen molar-refractivity contribution < 1.29 is 9.90 Å². The minimum atomic E-state index is 0.113. The minimum absolute atomic E-state index is 0.113. The van der Waals surface area contributed by atoms with Gasteiger partial charge in [0, 0.05) is 20.1 Å². The molecule has 0 spiro atoms. The van der Waals surface area contributed by atoms with E-state index in [0.29, 0.717) is 12.5 Å². The summed E-state index contributed by atoms with van der Waals surface area (Å²) in [7, 11) is 3.54. The van der Waals surface area contributed by atoms with Crippen molar-refractivity contribution in [2.75, 3.05) is 33.8 Å². The fraction of sp³-hybridized carbons (Fsp3) is 0.909. The molecule has 4 nitrogen and oxygen atoms in total. The number of aliphatic hydroxyl groups is 1. The summed E-state index contributed by atoms with van der Waals surface area (Å²) in [5, 5.41) is 9.32. The number of carbonyl (C=O) groups excluding carboxylic acids is 1. The molecule has 2 atom stereocenters. The Hall–Kier alpha value is -0.610. The van der Waals surface area contributed by atoms with E-state index in [-0.39, 0.29) is 18.6 Å². The van der Waals surface area contributed by atoms with Crippen molar-refractivity contribution >= 4 is 5.91 Å². The Morgan fingerprint density at radius 2 is 2.20 bits per heavy atom. The fourth-order valence-corrected chi connectivity index (χ4v) is 2.14. The van der Waals surface area contributed by atoms with Gasteiger partial charge in [-0.2, -0.15) is 0 Å². The van der Waals surface area contributed by atoms with Crippen molar-refractivity contribution in [2.24, 2.45) is 5.92 Å². The average molecular weight is 214 g/mol. The quantitative estimate of drug-likeness (QED) is 0.728. The number of aliphatic hydroxyl groups excluding tert-OH is 1. The summed E-state index contributed by atoms with van der Waals surface area (Å²) in [6.45, 7) is 3.66. The molecule has 0 aromatic heterocycles. The maximum absolute atomic E-state index is 11.6. The van der Waals surface area contributed by atoms with Crippen LogP contribution in [-0.2, 0) is 4.79 Å². The van der Waals surface area contributed by atoms with Gasteiger partial charge < -0.3 is 10.0 Å². The number of piperidine rings is 1. The highest BCUT2D eigenvalue weighted by atomic mass is 16.3. The molecular weight excluding hydrogens is 192 g/mol. The molecule has 0 aromatic carbocycles. The van der Waals surface area contributed by atoms with Gasteiger partial charge >= 0.3 is 0 Å². The number of carbonyl (C=O) groups is 1. The van der Waals surface area contributed by atoms with E-state index in [9.17, 15) is 9.90 Å². The second-order valence-electron chi connectivity index (χ2n) is 4.63. The van der Waals surface area contributed by atoms with Crippen LogP contribution >= 0.6 is 0 Å². The molecule has 1 heterocycles. The van der Waals surface area contributed by atoms with Crippen LogP contribution in [0.5, 0.6) is 0 Å². The van der Waals surface area contributed by atoms with Gasteiger partial charge in [-0.05, 0) is 25.3 Å². The Labute approximate surface area is 91.9 Å². The average Bonchev–Trinajstić information content (AvgIpc) is 2.18. The number of likely N-dealkylation sites (N-methyl/N-ethyl adjacent to an activating group) is 1. The molecule has 1 N–H and O–H groups in total. The summed E-state index contributed by atoms with van der Waals surface area (Å²) >= 11 is 0. The first-order chi connectivity index (χ1) is 7.06. The van der Waals surface area contributed by atoms with Crippen molar-refractivity contribution in [1.29, 1.82) is 0 Å². The SMILES string of the molecule is CC1CCCN(CC(=O)N(C)C)C1CO. The number of nitrogens with zero attached hydrogens (tertiary/aromatic N) is 2. The predicted octanol–water partition coefficient (Wildman–Crippen LogP) is 0.167. The van der Waals surface area contributed by atoms with Gasteiger partial charge in [-0.25, -0.2) is 0 Å². The van der Waals surface area contributed by atoms with Gasteiger partial charge in [0.05, 0.1) is 13.2 Å². The maximum atomic E-state index is 11.6. The zero-order valence-corrected chi connectivity index (χ0v) is 9.94. The summed E-state index contributed by atoms with van der Waals surface area (Å²) in [5.41, 5.74) is 0. The van der Waals surface area contributed by atoms with E-state index in [1.165, 1.54) is 0 Å². The lowest BCUT2D eigenvalue weighted by Gasteiger charge is -2.38. The zero-order chi connectivity index (χ0) is 11.4. The number of rotatable bonds is 3. The summed E-state index contributed by atoms with van der Waals surface area (Å²) in [5.74, 6) is 0.598. The standard InChI is InChI=1S/C11H22N2O2/c1-9-5-4-6-13(10(9)8-14)7-11(15)12(2)3/h9-10,14H,4-8H2,1-3H3. The van der Waals surface area contributed by atoms with Crippen LogP contribution in [0.1, 0.15) is 19.8 Å². The third kappa shape index (κ3) is 3.18. The highest BCUT2D eigenvalue weighted by Gasteiger charge is 2.29. The molecule has 1 rings (SSSR count). The minimum Gasteiger partial charge on any atom is -0.395 e. The van der Waals surface area contributed by atoms with E-state index in [4.69, 9.17) is 0 Å². The molecule has 0 saturated carbocycles. The summed E-state index contributed by atoms with van der Waals surface area (Å²) in [4.78, 5) is 15.3. The molecule has 1 fully saturated rings. The highest BCUT2D eigenvalue weighted by molar-refractivity contribution is 5.77. The lowest BCUT2D eigenvalue weighted by atomic mass is 9.91. The maximum Gasteiger partial charge on any atom is 0.236 e. The van der Waals surface area contributed by atoms with Gasteiger partial charge in [0.15, 0.2) is 0 Å². The van der Waals surface area contributed by atoms with Gasteiger partial charge in [-0.3, -0.25) is 9.69 Å². The number of hydrogen-bond acceptors (Lipinski definition) is 3. The van der Waals surface area contributed by atoms with Gasteiger partial charge in [-0.15, -0.1) is 0 Å². The Balaban J connectivity index is 2.54. The van der Waals surface area contributed by atoms with Gasteiger partial charge in [-0.1, -0.05) is 6.92 Å². The van der Waals surface area contributed by atoms with Crippen molar-refractivity contribution in [3.8, 4) is 0 Å². The van der Waals surface area contributed by atoms with Crippen LogP contribution in [0.2, 0.25) is 0 Å². The fourth-order valence-electron chi connectivity index (χ4n) is 2.14. The van der Waals surface area contributed by atoms with Crippen molar-refractivity contribution in [2.45, 2.75) is 25.8 Å². The van der Waals surface area contributed by atoms with Crippen LogP contribution in [0.3, 0.4) is 0 Å². The lowest BCUT2D eigenvalue weighted by molar-refractivity contribution is -0.131. The molecule has 2 unspecified atom stereocenters. The first-order valence-electron chi connectivity index (χ1n) is 5.61. The molecule has 1 aliphatic heterocycles. The topological polar surface area (TPSA) is 43.8 Å². The molecule has 1 amide bonds. The van der Waals surface area contributed by atoms with Crippen molar-refractivity contribution in [3.05, 3.63) is 0 Å². The van der Waals surface area contributed by atoms with E-state index < -0.39 is 0 Å². The third-order valence-electron chi connectivity index (χ3n) is 3.25. The monoisotopic (exact) mass is 214 g/mol. The van der Waals surface area contributed by atoms with Crippen molar-refractivity contribution in [3.63, 3.8) is 0 Å². The van der Waals surface area contributed by atoms with Crippen LogP contribution in [0.4, 0.5) is 0 Å². The smallest absolute Gasteiger partial charge is 0.236 e. The second kappa shape index (κ2) is 5.47. The summed E-state index contributed by atoms with van der Waals surface area (Å²) < 4.78 is 0. The predicted molar refractivity (Wildman–Crippen MR) is 59.5 cm³/mol. The van der Waals surface area contributed by atoms with Gasteiger partial charge in [0.1, 0.15) is 0 Å². The van der Waals surface area contributed by atoms with E-state index in [1.54, 1.807) is 19.0 Å². The summed E-state index contributed by atoms with van der Waals surface area (Å²) in [6, 6.07) is 0.155. The third-order valence-corrected chi connectivity index (χ3v) is 3.25. The number of amides is 1. The van der Waals surface area contributed by atoms with Crippen LogP contribution in [0, 0.1) is 5.92 Å². The molecule has 0 aliphatic carbocycles. The first-order valence-corrected chi connectivity index (χ1v) is 5.61. The molecule has 1 saturated heterocycles. The van der Waals surface area contributed by atoms with Crippen LogP contribution in [0.15, 0.2) is 0 Å². The van der Waals surface area contributed by atoms with Crippen LogP contribution < -0.4 is 0 Å². The van der Waals surface area contributed by atoms with Gasteiger partial charge in [0.2, 0.25) is 5.91 Å². The van der Waals surface area contributed by atoms with Crippen molar-refractivity contribution in [1.82, 2.24) is 9.80 Å². The zero-order valence-electron chi connectivity index (χ0n) is 9.94. The number of hydrogen-bond donors (Lipinski definition) is 1. The largest absolute Gasteiger partial charge is 0.395 e. The Kier molecular flexibility index (Phi) is 4.54. The Bertz CT molecular complexity index is 219. The molecular formula is C11H22N2O2. The first kappa shape index (κ1) is 12.5. The van der Waals surface area contributed by atoms with E-state index >= 15 is 0 Å². The molecule has 0 aromatic rings. The molecule has 1 aliphatic rings. The van der Waals surface area contributed by atoms with E-state index in [1.807, 2.05) is 0 Å². The van der Waals surface area contributed by atoms with E-state index in [0.717, 1.165) is 19.4 Å². The molecule has 4 heteroatoms. The highest BCUT2D eigenvalue weighted by Crippen LogP contribution is 2.22. The Morgan fingerprint density at radius 1 is 1.53 bits per heavy atom. The van der Waals surface area contributed by atoms with E-state index in [2.05, 4.69) is 11.8 Å². The molecule has 0 radical (unpaired) electrons. The second-order valence-corrected chi connectivity index (χ2v) is 4.63. The molecule has 15 heavy (non-hydrogen) atoms. The van der Waals surface area contributed by atoms with Crippen LogP contribution in [-0.4, -0.2) is 60.6 Å². The van der Waals surface area contributed by atoms with Crippen LogP contribution in [0.25, 0.3) is 0 Å². The molecule has 88 valence electrons. The normalized spacial score (nSPS) is 27.7. The lowest BCUT2D eigenvalue weighted by Crippen LogP contribution is -2.50. The Morgan fingerprint density at radius 3 is 2.73 bits per heavy atom. The summed E-state index contributed by atoms with van der Waals surface area (Å²) in [6.07, 6.45) is 2.27. The molecule has 0 bridgehead atoms.